The van der Waals surface area contributed by atoms with Crippen LogP contribution >= 0.6 is 0 Å². The van der Waals surface area contributed by atoms with Gasteiger partial charge in [-0.05, 0) is 87.3 Å². The molecule has 10 aromatic carbocycles. The highest BCUT2D eigenvalue weighted by molar-refractivity contribution is 6.28. The van der Waals surface area contributed by atoms with Gasteiger partial charge in [-0.2, -0.15) is 0 Å². The zero-order valence-corrected chi connectivity index (χ0v) is 35.6. The first-order valence-electron chi connectivity index (χ1n) is 22.2. The lowest BCUT2D eigenvalue weighted by Gasteiger charge is -2.28. The molecule has 0 saturated carbocycles. The number of anilines is 3. The monoisotopic (exact) mass is 818 g/mol. The van der Waals surface area contributed by atoms with Crippen LogP contribution in [0.15, 0.2) is 223 Å². The molecule has 0 bridgehead atoms. The fourth-order valence-electron chi connectivity index (χ4n) is 10.9. The molecule has 0 unspecified atom stereocenters. The molecule has 3 nitrogen and oxygen atoms in total. The Bertz CT molecular complexity index is 3790. The molecule has 12 aromatic rings. The van der Waals surface area contributed by atoms with E-state index in [0.29, 0.717) is 0 Å². The first-order chi connectivity index (χ1) is 31.5. The van der Waals surface area contributed by atoms with E-state index < -0.39 is 0 Å². The second-order valence-corrected chi connectivity index (χ2v) is 17.6. The van der Waals surface area contributed by atoms with Crippen molar-refractivity contribution in [1.29, 1.82) is 0 Å². The summed E-state index contributed by atoms with van der Waals surface area (Å²) in [5, 5.41) is 7.06. The number of hydrogen-bond donors (Lipinski definition) is 0. The Kier molecular flexibility index (Phi) is 7.95. The molecule has 3 heteroatoms. The fourth-order valence-corrected chi connectivity index (χ4v) is 10.9. The molecule has 1 aliphatic rings. The van der Waals surface area contributed by atoms with Crippen LogP contribution in [0.25, 0.3) is 93.6 Å². The number of nitrogens with zero attached hydrogens (tertiary/aromatic N) is 2. The smallest absolute Gasteiger partial charge is 0.138 e. The van der Waals surface area contributed by atoms with Gasteiger partial charge in [0.15, 0.2) is 0 Å². The Morgan fingerprint density at radius 2 is 1.05 bits per heavy atom. The lowest BCUT2D eigenvalue weighted by atomic mass is 9.82. The average Bonchev–Trinajstić information content (AvgIpc) is 3.96. The van der Waals surface area contributed by atoms with Gasteiger partial charge in [-0.3, -0.25) is 0 Å². The minimum atomic E-state index is -0.106. The maximum atomic E-state index is 6.75. The molecule has 64 heavy (non-hydrogen) atoms. The number of rotatable bonds is 6. The number of hydrogen-bond acceptors (Lipinski definition) is 2. The van der Waals surface area contributed by atoms with E-state index in [4.69, 9.17) is 4.42 Å². The van der Waals surface area contributed by atoms with Gasteiger partial charge < -0.3 is 13.9 Å². The summed E-state index contributed by atoms with van der Waals surface area (Å²) in [6, 6.07) is 79.5. The summed E-state index contributed by atoms with van der Waals surface area (Å²) in [6.45, 7) is 4.70. The molecule has 0 N–H and O–H groups in total. The van der Waals surface area contributed by atoms with Crippen LogP contribution < -0.4 is 4.90 Å². The topological polar surface area (TPSA) is 21.3 Å². The highest BCUT2D eigenvalue weighted by Gasteiger charge is 2.36. The SMILES string of the molecule is CC1(C)c2ccccc2-c2ccc(N(c3ccccc3)c3ccc(-c4cccc5c6c(-c7ccccc7)c7c(cc6n(-c6cccc8ccccc68)c45)oc4ccccc47)cc3)cc21. The first-order valence-corrected chi connectivity index (χ1v) is 22.2. The van der Waals surface area contributed by atoms with Crippen molar-refractivity contribution in [1.82, 2.24) is 4.57 Å². The van der Waals surface area contributed by atoms with E-state index in [2.05, 4.69) is 242 Å². The van der Waals surface area contributed by atoms with Gasteiger partial charge in [0.05, 0.1) is 16.7 Å². The molecule has 0 radical (unpaired) electrons. The van der Waals surface area contributed by atoms with Crippen molar-refractivity contribution in [2.24, 2.45) is 0 Å². The van der Waals surface area contributed by atoms with E-state index >= 15 is 0 Å². The van der Waals surface area contributed by atoms with Gasteiger partial charge in [0.2, 0.25) is 0 Å². The number of furan rings is 1. The third kappa shape index (κ3) is 5.34. The van der Waals surface area contributed by atoms with Crippen LogP contribution in [0.5, 0.6) is 0 Å². The fraction of sp³-hybridized carbons (Fsp3) is 0.0492. The van der Waals surface area contributed by atoms with Crippen LogP contribution in [-0.4, -0.2) is 4.57 Å². The Labute approximate surface area is 371 Å². The predicted molar refractivity (Wildman–Crippen MR) is 269 cm³/mol. The van der Waals surface area contributed by atoms with Crippen LogP contribution in [0.1, 0.15) is 25.0 Å². The van der Waals surface area contributed by atoms with Crippen LogP contribution in [0.4, 0.5) is 17.1 Å². The summed E-state index contributed by atoms with van der Waals surface area (Å²) in [6.07, 6.45) is 0. The molecule has 0 saturated heterocycles. The van der Waals surface area contributed by atoms with Crippen molar-refractivity contribution >= 4 is 71.6 Å². The Balaban J connectivity index is 1.05. The maximum absolute atomic E-state index is 6.75. The minimum Gasteiger partial charge on any atom is -0.456 e. The molecule has 0 amide bonds. The molecule has 0 aliphatic heterocycles. The number of fused-ring (bicyclic) bond motifs is 10. The second kappa shape index (κ2) is 13.9. The average molecular weight is 819 g/mol. The lowest BCUT2D eigenvalue weighted by Crippen LogP contribution is -2.16. The largest absolute Gasteiger partial charge is 0.456 e. The van der Waals surface area contributed by atoms with Crippen LogP contribution in [0.3, 0.4) is 0 Å². The van der Waals surface area contributed by atoms with Crippen molar-refractivity contribution in [2.45, 2.75) is 19.3 Å². The van der Waals surface area contributed by atoms with Crippen molar-refractivity contribution < 1.29 is 4.42 Å². The third-order valence-corrected chi connectivity index (χ3v) is 13.8. The predicted octanol–water partition coefficient (Wildman–Crippen LogP) is 16.9. The van der Waals surface area contributed by atoms with Crippen molar-refractivity contribution in [3.05, 3.63) is 230 Å². The highest BCUT2D eigenvalue weighted by Crippen LogP contribution is 2.52. The quantitative estimate of drug-likeness (QED) is 0.167. The van der Waals surface area contributed by atoms with Crippen molar-refractivity contribution in [2.75, 3.05) is 4.90 Å². The van der Waals surface area contributed by atoms with Gasteiger partial charge in [0.1, 0.15) is 11.2 Å². The summed E-state index contributed by atoms with van der Waals surface area (Å²) in [4.78, 5) is 2.39. The molecule has 0 spiro atoms. The number of aromatic nitrogens is 1. The molecule has 0 fully saturated rings. The second-order valence-electron chi connectivity index (χ2n) is 17.6. The van der Waals surface area contributed by atoms with Crippen molar-refractivity contribution in [3.8, 4) is 39.1 Å². The van der Waals surface area contributed by atoms with E-state index in [-0.39, 0.29) is 5.41 Å². The standard InChI is InChI=1S/C61H42N2O/c1-61(2)51-28-13-11-24-47(51)48-36-35-44(37-52(48)61)62(42-21-7-4-8-22-42)43-33-31-40(32-34-43)46-26-16-27-50-58-54(63(60(46)50)53-29-15-20-39-17-9-10-23-45(39)53)38-56-59(49-25-12-14-30-55(49)64-56)57(58)41-18-5-3-6-19-41/h3-38H,1-2H3. The minimum absolute atomic E-state index is 0.106. The zero-order chi connectivity index (χ0) is 42.5. The van der Waals surface area contributed by atoms with Gasteiger partial charge >= 0.3 is 0 Å². The summed E-state index contributed by atoms with van der Waals surface area (Å²) < 4.78 is 9.25. The molecule has 0 atom stereocenters. The van der Waals surface area contributed by atoms with Crippen LogP contribution in [-0.2, 0) is 5.41 Å². The molecular formula is C61H42N2O. The Hall–Kier alpha value is -8.14. The normalized spacial score (nSPS) is 13.0. The van der Waals surface area contributed by atoms with Crippen molar-refractivity contribution in [3.63, 3.8) is 0 Å². The van der Waals surface area contributed by atoms with E-state index in [1.54, 1.807) is 0 Å². The highest BCUT2D eigenvalue weighted by atomic mass is 16.3. The molecular weight excluding hydrogens is 777 g/mol. The van der Waals surface area contributed by atoms with Crippen LogP contribution in [0.2, 0.25) is 0 Å². The van der Waals surface area contributed by atoms with Gasteiger partial charge in [0, 0.05) is 66.6 Å². The Morgan fingerprint density at radius 3 is 1.89 bits per heavy atom. The maximum Gasteiger partial charge on any atom is 0.138 e. The summed E-state index contributed by atoms with van der Waals surface area (Å²) in [5.74, 6) is 0. The third-order valence-electron chi connectivity index (χ3n) is 13.8. The van der Waals surface area contributed by atoms with Gasteiger partial charge in [-0.15, -0.1) is 0 Å². The van der Waals surface area contributed by atoms with E-state index in [0.717, 1.165) is 72.4 Å². The van der Waals surface area contributed by atoms with Gasteiger partial charge in [-0.25, -0.2) is 0 Å². The van der Waals surface area contributed by atoms with Crippen LogP contribution in [0, 0.1) is 0 Å². The van der Waals surface area contributed by atoms with Gasteiger partial charge in [0.25, 0.3) is 0 Å². The molecule has 13 rings (SSSR count). The van der Waals surface area contributed by atoms with E-state index in [9.17, 15) is 0 Å². The van der Waals surface area contributed by atoms with Gasteiger partial charge in [-0.1, -0.05) is 178 Å². The molecule has 2 aromatic heterocycles. The zero-order valence-electron chi connectivity index (χ0n) is 35.6. The Morgan fingerprint density at radius 1 is 0.422 bits per heavy atom. The van der Waals surface area contributed by atoms with E-state index in [1.807, 2.05) is 0 Å². The summed E-state index contributed by atoms with van der Waals surface area (Å²) in [5.41, 5.74) is 18.5. The number of benzene rings is 10. The summed E-state index contributed by atoms with van der Waals surface area (Å²) in [7, 11) is 0. The lowest BCUT2D eigenvalue weighted by molar-refractivity contribution is 0.660. The first kappa shape index (κ1) is 36.5. The molecule has 302 valence electrons. The molecule has 2 heterocycles. The summed E-state index contributed by atoms with van der Waals surface area (Å²) >= 11 is 0. The molecule has 1 aliphatic carbocycles. The number of para-hydroxylation sites is 3. The van der Waals surface area contributed by atoms with E-state index in [1.165, 1.54) is 49.4 Å².